The molecule has 0 amide bonds. The molecule has 1 aliphatic heterocycles. The first-order valence-electron chi connectivity index (χ1n) is 8.30. The molecule has 0 aliphatic carbocycles. The number of benzene rings is 1. The number of morpholine rings is 1. The highest BCUT2D eigenvalue weighted by Gasteiger charge is 2.18. The third-order valence-corrected chi connectivity index (χ3v) is 6.10. The zero-order chi connectivity index (χ0) is 19.3. The Morgan fingerprint density at radius 2 is 1.93 bits per heavy atom. The van der Waals surface area contributed by atoms with Gasteiger partial charge in [0.15, 0.2) is 5.82 Å². The maximum atomic E-state index is 12.3. The number of halogens is 2. The van der Waals surface area contributed by atoms with Gasteiger partial charge in [0.05, 0.1) is 30.1 Å². The molecule has 3 rings (SSSR count). The second kappa shape index (κ2) is 9.03. The summed E-state index contributed by atoms with van der Waals surface area (Å²) in [7, 11) is -3.76. The molecular weight excluding hydrogens is 413 g/mol. The maximum Gasteiger partial charge on any atom is 0.242 e. The fourth-order valence-electron chi connectivity index (χ4n) is 2.57. The molecule has 0 saturated carbocycles. The summed E-state index contributed by atoms with van der Waals surface area (Å²) in [5.41, 5.74) is 0.946. The molecule has 0 unspecified atom stereocenters. The van der Waals surface area contributed by atoms with Gasteiger partial charge in [0.2, 0.25) is 10.0 Å². The van der Waals surface area contributed by atoms with Crippen LogP contribution in [0.15, 0.2) is 35.4 Å². The molecule has 1 aromatic heterocycles. The normalized spacial score (nSPS) is 15.0. The van der Waals surface area contributed by atoms with Gasteiger partial charge in [-0.05, 0) is 18.2 Å². The quantitative estimate of drug-likeness (QED) is 0.647. The van der Waals surface area contributed by atoms with E-state index in [0.717, 1.165) is 18.8 Å². The molecule has 8 nitrogen and oxygen atoms in total. The minimum absolute atomic E-state index is 0.0502. The average molecular weight is 432 g/mol. The minimum atomic E-state index is -3.76. The van der Waals surface area contributed by atoms with E-state index in [1.165, 1.54) is 18.2 Å². The molecule has 0 spiro atoms. The van der Waals surface area contributed by atoms with E-state index in [0.29, 0.717) is 30.6 Å². The van der Waals surface area contributed by atoms with Crippen LogP contribution in [0.2, 0.25) is 10.0 Å². The lowest BCUT2D eigenvalue weighted by molar-refractivity contribution is 0.122. The molecule has 11 heteroatoms. The maximum absolute atomic E-state index is 12.3. The molecule has 1 fully saturated rings. The van der Waals surface area contributed by atoms with Crippen LogP contribution in [0.1, 0.15) is 0 Å². The van der Waals surface area contributed by atoms with E-state index in [1.807, 2.05) is 6.07 Å². The van der Waals surface area contributed by atoms with Gasteiger partial charge in [-0.3, -0.25) is 0 Å². The molecular formula is C16H19Cl2N5O3S. The summed E-state index contributed by atoms with van der Waals surface area (Å²) in [6, 6.07) is 6.17. The van der Waals surface area contributed by atoms with Crippen LogP contribution >= 0.6 is 23.2 Å². The third kappa shape index (κ3) is 5.43. The monoisotopic (exact) mass is 431 g/mol. The van der Waals surface area contributed by atoms with Gasteiger partial charge in [-0.25, -0.2) is 13.1 Å². The van der Waals surface area contributed by atoms with E-state index >= 15 is 0 Å². The summed E-state index contributed by atoms with van der Waals surface area (Å²) >= 11 is 11.8. The van der Waals surface area contributed by atoms with Crippen LogP contribution in [0, 0.1) is 0 Å². The molecule has 2 aromatic rings. The smallest absolute Gasteiger partial charge is 0.242 e. The fourth-order valence-corrected chi connectivity index (χ4v) is 4.37. The molecule has 1 aromatic carbocycles. The largest absolute Gasteiger partial charge is 0.378 e. The van der Waals surface area contributed by atoms with Crippen molar-refractivity contribution in [3.8, 4) is 0 Å². The van der Waals surface area contributed by atoms with E-state index in [4.69, 9.17) is 27.9 Å². The summed E-state index contributed by atoms with van der Waals surface area (Å²) in [4.78, 5) is 2.11. The van der Waals surface area contributed by atoms with Crippen molar-refractivity contribution in [2.45, 2.75) is 4.90 Å². The molecule has 1 saturated heterocycles. The topological polar surface area (TPSA) is 96.5 Å². The van der Waals surface area contributed by atoms with Crippen molar-refractivity contribution in [3.05, 3.63) is 40.5 Å². The second-order valence-electron chi connectivity index (χ2n) is 5.80. The molecule has 0 radical (unpaired) electrons. The first-order chi connectivity index (χ1) is 13.0. The van der Waals surface area contributed by atoms with Crippen molar-refractivity contribution in [2.24, 2.45) is 0 Å². The average Bonchev–Trinajstić information content (AvgIpc) is 2.68. The highest BCUT2D eigenvalue weighted by Crippen LogP contribution is 2.24. The Morgan fingerprint density at radius 1 is 1.15 bits per heavy atom. The third-order valence-electron chi connectivity index (χ3n) is 3.92. The van der Waals surface area contributed by atoms with Crippen LogP contribution in [0.4, 0.5) is 11.5 Å². The summed E-state index contributed by atoms with van der Waals surface area (Å²) in [6.45, 7) is 3.43. The Bertz CT molecular complexity index is 891. The number of hydrogen-bond acceptors (Lipinski definition) is 7. The van der Waals surface area contributed by atoms with Gasteiger partial charge in [0, 0.05) is 37.3 Å². The standard InChI is InChI=1S/C16H19Cl2N5O3S/c17-12-1-2-14(18)15(9-12)27(24,25)21-4-3-19-16-10-13(11-20-22-16)23-5-7-26-8-6-23/h1-2,9-11,21H,3-8H2,(H,19,22). The second-order valence-corrected chi connectivity index (χ2v) is 8.38. The van der Waals surface area contributed by atoms with Crippen LogP contribution in [-0.4, -0.2) is 58.0 Å². The number of hydrogen-bond donors (Lipinski definition) is 2. The number of sulfonamides is 1. The van der Waals surface area contributed by atoms with E-state index in [1.54, 1.807) is 6.20 Å². The highest BCUT2D eigenvalue weighted by atomic mass is 35.5. The molecule has 0 bridgehead atoms. The zero-order valence-electron chi connectivity index (χ0n) is 14.4. The lowest BCUT2D eigenvalue weighted by Gasteiger charge is -2.28. The Morgan fingerprint density at radius 3 is 2.70 bits per heavy atom. The van der Waals surface area contributed by atoms with Gasteiger partial charge in [0.25, 0.3) is 0 Å². The van der Waals surface area contributed by atoms with Gasteiger partial charge >= 0.3 is 0 Å². The summed E-state index contributed by atoms with van der Waals surface area (Å²) in [5.74, 6) is 0.568. The molecule has 0 atom stereocenters. The van der Waals surface area contributed by atoms with Gasteiger partial charge in [-0.2, -0.15) is 5.10 Å². The predicted molar refractivity (Wildman–Crippen MR) is 105 cm³/mol. The number of nitrogens with one attached hydrogen (secondary N) is 2. The first-order valence-corrected chi connectivity index (χ1v) is 10.5. The molecule has 27 heavy (non-hydrogen) atoms. The van der Waals surface area contributed by atoms with E-state index in [-0.39, 0.29) is 16.5 Å². The van der Waals surface area contributed by atoms with Crippen molar-refractivity contribution >= 4 is 44.7 Å². The number of aromatic nitrogens is 2. The van der Waals surface area contributed by atoms with Crippen molar-refractivity contribution in [1.82, 2.24) is 14.9 Å². The lowest BCUT2D eigenvalue weighted by Crippen LogP contribution is -2.36. The minimum Gasteiger partial charge on any atom is -0.378 e. The van der Waals surface area contributed by atoms with Crippen molar-refractivity contribution in [1.29, 1.82) is 0 Å². The van der Waals surface area contributed by atoms with Crippen LogP contribution in [-0.2, 0) is 14.8 Å². The predicted octanol–water partition coefficient (Wildman–Crippen LogP) is 2.01. The Kier molecular flexibility index (Phi) is 6.72. The zero-order valence-corrected chi connectivity index (χ0v) is 16.7. The van der Waals surface area contributed by atoms with Gasteiger partial charge in [-0.15, -0.1) is 5.10 Å². The van der Waals surface area contributed by atoms with Crippen molar-refractivity contribution in [3.63, 3.8) is 0 Å². The molecule has 2 heterocycles. The van der Waals surface area contributed by atoms with E-state index < -0.39 is 10.0 Å². The summed E-state index contributed by atoms with van der Waals surface area (Å²) in [5, 5.41) is 11.5. The SMILES string of the molecule is O=S(=O)(NCCNc1cc(N2CCOCC2)cnn1)c1cc(Cl)ccc1Cl. The highest BCUT2D eigenvalue weighted by molar-refractivity contribution is 7.89. The number of ether oxygens (including phenoxy) is 1. The van der Waals surface area contributed by atoms with Gasteiger partial charge in [-0.1, -0.05) is 23.2 Å². The van der Waals surface area contributed by atoms with E-state index in [2.05, 4.69) is 25.1 Å². The van der Waals surface area contributed by atoms with Crippen LogP contribution < -0.4 is 14.9 Å². The van der Waals surface area contributed by atoms with Crippen molar-refractivity contribution in [2.75, 3.05) is 49.6 Å². The number of rotatable bonds is 7. The molecule has 1 aliphatic rings. The molecule has 146 valence electrons. The fraction of sp³-hybridized carbons (Fsp3) is 0.375. The molecule has 2 N–H and O–H groups in total. The lowest BCUT2D eigenvalue weighted by atomic mass is 10.3. The summed E-state index contributed by atoms with van der Waals surface area (Å²) in [6.07, 6.45) is 1.69. The van der Waals surface area contributed by atoms with Crippen LogP contribution in [0.3, 0.4) is 0 Å². The van der Waals surface area contributed by atoms with Crippen LogP contribution in [0.5, 0.6) is 0 Å². The Balaban J connectivity index is 1.55. The Hall–Kier alpha value is -1.65. The van der Waals surface area contributed by atoms with Gasteiger partial charge < -0.3 is 15.0 Å². The Labute approximate surface area is 167 Å². The van der Waals surface area contributed by atoms with Crippen LogP contribution in [0.25, 0.3) is 0 Å². The number of nitrogens with zero attached hydrogens (tertiary/aromatic N) is 3. The first kappa shape index (κ1) is 20.1. The number of anilines is 2. The summed E-state index contributed by atoms with van der Waals surface area (Å²) < 4.78 is 32.5. The van der Waals surface area contributed by atoms with Gasteiger partial charge in [0.1, 0.15) is 4.90 Å². The van der Waals surface area contributed by atoms with E-state index in [9.17, 15) is 8.42 Å². The van der Waals surface area contributed by atoms with Crippen molar-refractivity contribution < 1.29 is 13.2 Å².